The first-order valence-electron chi connectivity index (χ1n) is 4.66. The molecule has 0 radical (unpaired) electrons. The van der Waals surface area contributed by atoms with Crippen LogP contribution >= 0.6 is 0 Å². The van der Waals surface area contributed by atoms with Crippen LogP contribution in [0.1, 0.15) is 12.5 Å². The summed E-state index contributed by atoms with van der Waals surface area (Å²) in [5, 5.41) is 18.5. The Morgan fingerprint density at radius 1 is 1.38 bits per heavy atom. The number of benzene rings is 1. The van der Waals surface area contributed by atoms with Crippen molar-refractivity contribution in [2.45, 2.75) is 6.92 Å². The summed E-state index contributed by atoms with van der Waals surface area (Å²) in [5.41, 5.74) is 1.17. The number of allylic oxidation sites excluding steroid dienone is 1. The predicted molar refractivity (Wildman–Crippen MR) is 60.5 cm³/mol. The molecule has 1 aromatic rings. The lowest BCUT2D eigenvalue weighted by molar-refractivity contribution is 0.339. The van der Waals surface area contributed by atoms with Crippen LogP contribution in [0, 0.1) is 11.3 Å². The number of aromatic hydroxyl groups is 1. The molecule has 0 saturated carbocycles. The van der Waals surface area contributed by atoms with E-state index in [2.05, 4.69) is 0 Å². The smallest absolute Gasteiger partial charge is 0.201 e. The molecule has 0 aromatic heterocycles. The van der Waals surface area contributed by atoms with E-state index in [0.717, 1.165) is 0 Å². The molecule has 1 rings (SSSR count). The lowest BCUT2D eigenvalue weighted by Gasteiger charge is -2.10. The predicted octanol–water partition coefficient (Wildman–Crippen LogP) is 2.34. The Morgan fingerprint density at radius 3 is 2.56 bits per heavy atom. The zero-order valence-corrected chi connectivity index (χ0v) is 9.44. The van der Waals surface area contributed by atoms with Crippen molar-refractivity contribution in [3.63, 3.8) is 0 Å². The second kappa shape index (κ2) is 5.08. The molecule has 0 spiro atoms. The Balaban J connectivity index is 3.33. The molecule has 4 nitrogen and oxygen atoms in total. The van der Waals surface area contributed by atoms with Crippen LogP contribution in [-0.4, -0.2) is 19.3 Å². The van der Waals surface area contributed by atoms with Crippen molar-refractivity contribution in [2.75, 3.05) is 14.2 Å². The molecule has 0 aliphatic heterocycles. The van der Waals surface area contributed by atoms with Crippen LogP contribution in [0.2, 0.25) is 0 Å². The molecule has 16 heavy (non-hydrogen) atoms. The molecule has 4 heteroatoms. The van der Waals surface area contributed by atoms with Gasteiger partial charge in [-0.3, -0.25) is 0 Å². The van der Waals surface area contributed by atoms with Gasteiger partial charge in [-0.15, -0.1) is 0 Å². The van der Waals surface area contributed by atoms with Gasteiger partial charge in [0.05, 0.1) is 20.3 Å². The molecule has 0 bridgehead atoms. The summed E-state index contributed by atoms with van der Waals surface area (Å²) in [4.78, 5) is 0. The molecule has 0 heterocycles. The summed E-state index contributed by atoms with van der Waals surface area (Å²) in [7, 11) is 2.91. The van der Waals surface area contributed by atoms with Crippen molar-refractivity contribution in [3.8, 4) is 23.3 Å². The van der Waals surface area contributed by atoms with Gasteiger partial charge in [0.25, 0.3) is 0 Å². The zero-order chi connectivity index (χ0) is 12.1. The monoisotopic (exact) mass is 219 g/mol. The van der Waals surface area contributed by atoms with Crippen molar-refractivity contribution in [3.05, 3.63) is 23.3 Å². The SMILES string of the molecule is COc1ccc(C=C(C)C#N)c(OC)c1O. The van der Waals surface area contributed by atoms with Crippen molar-refractivity contribution in [1.82, 2.24) is 0 Å². The van der Waals surface area contributed by atoms with Crippen LogP contribution in [0.3, 0.4) is 0 Å². The molecule has 1 N–H and O–H groups in total. The Labute approximate surface area is 94.3 Å². The lowest BCUT2D eigenvalue weighted by Crippen LogP contribution is -1.91. The van der Waals surface area contributed by atoms with Gasteiger partial charge in [0.15, 0.2) is 11.5 Å². The first kappa shape index (κ1) is 11.9. The van der Waals surface area contributed by atoms with Gasteiger partial charge in [0.1, 0.15) is 0 Å². The van der Waals surface area contributed by atoms with Crippen LogP contribution in [-0.2, 0) is 0 Å². The molecule has 0 amide bonds. The van der Waals surface area contributed by atoms with Crippen molar-refractivity contribution in [1.29, 1.82) is 5.26 Å². The first-order valence-corrected chi connectivity index (χ1v) is 4.66. The fourth-order valence-electron chi connectivity index (χ4n) is 1.33. The minimum atomic E-state index is -0.0653. The average molecular weight is 219 g/mol. The molecule has 1 aromatic carbocycles. The van der Waals surface area contributed by atoms with E-state index < -0.39 is 0 Å². The number of ether oxygens (including phenoxy) is 2. The average Bonchev–Trinajstić information content (AvgIpc) is 2.29. The maximum atomic E-state index is 9.79. The van der Waals surface area contributed by atoms with Crippen molar-refractivity contribution in [2.24, 2.45) is 0 Å². The molecule has 0 aliphatic carbocycles. The lowest BCUT2D eigenvalue weighted by atomic mass is 10.1. The van der Waals surface area contributed by atoms with Crippen LogP contribution < -0.4 is 9.47 Å². The summed E-state index contributed by atoms with van der Waals surface area (Å²) in [6, 6.07) is 5.35. The van der Waals surface area contributed by atoms with E-state index in [1.54, 1.807) is 25.1 Å². The Morgan fingerprint density at radius 2 is 2.06 bits per heavy atom. The molecule has 0 unspecified atom stereocenters. The molecular weight excluding hydrogens is 206 g/mol. The molecule has 84 valence electrons. The van der Waals surface area contributed by atoms with Gasteiger partial charge in [-0.1, -0.05) is 0 Å². The van der Waals surface area contributed by atoms with Gasteiger partial charge < -0.3 is 14.6 Å². The van der Waals surface area contributed by atoms with Crippen molar-refractivity contribution >= 4 is 6.08 Å². The van der Waals surface area contributed by atoms with E-state index in [0.29, 0.717) is 22.6 Å². The van der Waals surface area contributed by atoms with E-state index in [-0.39, 0.29) is 5.75 Å². The molecule has 0 atom stereocenters. The third-order valence-electron chi connectivity index (χ3n) is 2.10. The number of hydrogen-bond acceptors (Lipinski definition) is 4. The number of phenols is 1. The first-order chi connectivity index (χ1) is 7.63. The molecule has 0 saturated heterocycles. The number of nitriles is 1. The van der Waals surface area contributed by atoms with E-state index in [1.165, 1.54) is 14.2 Å². The summed E-state index contributed by atoms with van der Waals surface area (Å²) in [6.07, 6.45) is 1.64. The van der Waals surface area contributed by atoms with Crippen LogP contribution in [0.4, 0.5) is 0 Å². The van der Waals surface area contributed by atoms with Crippen LogP contribution in [0.15, 0.2) is 17.7 Å². The maximum absolute atomic E-state index is 9.79. The largest absolute Gasteiger partial charge is 0.502 e. The normalized spacial score (nSPS) is 10.8. The Kier molecular flexibility index (Phi) is 3.78. The molecule has 0 fully saturated rings. The Bertz CT molecular complexity index is 458. The highest BCUT2D eigenvalue weighted by Crippen LogP contribution is 2.39. The highest BCUT2D eigenvalue weighted by molar-refractivity contribution is 5.68. The van der Waals surface area contributed by atoms with Gasteiger partial charge >= 0.3 is 0 Å². The second-order valence-electron chi connectivity index (χ2n) is 3.18. The molecule has 0 aliphatic rings. The number of methoxy groups -OCH3 is 2. The zero-order valence-electron chi connectivity index (χ0n) is 9.44. The minimum Gasteiger partial charge on any atom is -0.502 e. The van der Waals surface area contributed by atoms with E-state index in [4.69, 9.17) is 14.7 Å². The van der Waals surface area contributed by atoms with Crippen LogP contribution in [0.5, 0.6) is 17.2 Å². The van der Waals surface area contributed by atoms with Gasteiger partial charge in [0, 0.05) is 11.1 Å². The summed E-state index contributed by atoms with van der Waals surface area (Å²) in [6.45, 7) is 1.68. The third-order valence-corrected chi connectivity index (χ3v) is 2.10. The maximum Gasteiger partial charge on any atom is 0.201 e. The van der Waals surface area contributed by atoms with E-state index >= 15 is 0 Å². The van der Waals surface area contributed by atoms with Gasteiger partial charge in [-0.05, 0) is 25.1 Å². The number of hydrogen-bond donors (Lipinski definition) is 1. The van der Waals surface area contributed by atoms with Crippen molar-refractivity contribution < 1.29 is 14.6 Å². The third kappa shape index (κ3) is 2.26. The second-order valence-corrected chi connectivity index (χ2v) is 3.18. The fraction of sp³-hybridized carbons (Fsp3) is 0.250. The quantitative estimate of drug-likeness (QED) is 0.792. The highest BCUT2D eigenvalue weighted by atomic mass is 16.5. The van der Waals surface area contributed by atoms with Gasteiger partial charge in [-0.2, -0.15) is 5.26 Å². The Hall–Kier alpha value is -2.15. The number of nitrogens with zero attached hydrogens (tertiary/aromatic N) is 1. The van der Waals surface area contributed by atoms with Crippen LogP contribution in [0.25, 0.3) is 6.08 Å². The molecular formula is C12H13NO3. The number of rotatable bonds is 3. The number of phenolic OH excluding ortho intramolecular Hbond substituents is 1. The van der Waals surface area contributed by atoms with E-state index in [1.807, 2.05) is 6.07 Å². The summed E-state index contributed by atoms with van der Waals surface area (Å²) in [5.74, 6) is 0.571. The summed E-state index contributed by atoms with van der Waals surface area (Å²) < 4.78 is 10.0. The minimum absolute atomic E-state index is 0.0653. The van der Waals surface area contributed by atoms with Gasteiger partial charge in [0.2, 0.25) is 5.75 Å². The highest BCUT2D eigenvalue weighted by Gasteiger charge is 2.12. The standard InChI is InChI=1S/C12H13NO3/c1-8(7-13)6-9-4-5-10(15-2)11(14)12(9)16-3/h4-6,14H,1-3H3. The fourth-order valence-corrected chi connectivity index (χ4v) is 1.33. The van der Waals surface area contributed by atoms with E-state index in [9.17, 15) is 5.11 Å². The summed E-state index contributed by atoms with van der Waals surface area (Å²) >= 11 is 0. The van der Waals surface area contributed by atoms with Gasteiger partial charge in [-0.25, -0.2) is 0 Å². The topological polar surface area (TPSA) is 62.5 Å².